The van der Waals surface area contributed by atoms with E-state index in [2.05, 4.69) is 10.2 Å². The number of methoxy groups -OCH3 is 2. The molecule has 0 radical (unpaired) electrons. The van der Waals surface area contributed by atoms with E-state index in [9.17, 15) is 14.4 Å². The zero-order chi connectivity index (χ0) is 22.4. The number of thioether (sulfide) groups is 1. The van der Waals surface area contributed by atoms with Crippen molar-refractivity contribution in [1.29, 1.82) is 0 Å². The fraction of sp³-hybridized carbons (Fsp3) is 0.286. The van der Waals surface area contributed by atoms with E-state index >= 15 is 0 Å². The highest BCUT2D eigenvalue weighted by Gasteiger charge is 2.31. The lowest BCUT2D eigenvalue weighted by atomic mass is 10.1. The first kappa shape index (κ1) is 22.9. The largest absolute Gasteiger partial charge is 0.493 e. The Morgan fingerprint density at radius 3 is 2.42 bits per heavy atom. The van der Waals surface area contributed by atoms with Gasteiger partial charge in [0, 0.05) is 0 Å². The highest BCUT2D eigenvalue weighted by Crippen LogP contribution is 2.34. The molecule has 1 aliphatic heterocycles. The summed E-state index contributed by atoms with van der Waals surface area (Å²) in [5, 5.41) is 1.50. The molecule has 1 fully saturated rings. The van der Waals surface area contributed by atoms with Gasteiger partial charge in [-0.05, 0) is 60.0 Å². The van der Waals surface area contributed by atoms with Gasteiger partial charge < -0.3 is 14.2 Å². The van der Waals surface area contributed by atoms with Gasteiger partial charge in [-0.3, -0.25) is 19.7 Å². The Balaban J connectivity index is 1.67. The molecule has 2 aromatic rings. The smallest absolute Gasteiger partial charge is 0.324 e. The van der Waals surface area contributed by atoms with Crippen molar-refractivity contribution in [2.75, 3.05) is 14.2 Å². The van der Waals surface area contributed by atoms with Gasteiger partial charge in [0.25, 0.3) is 5.24 Å². The number of ether oxygens (including phenoxy) is 3. The summed E-state index contributed by atoms with van der Waals surface area (Å²) in [5.74, 6) is 0.868. The molecule has 31 heavy (non-hydrogen) atoms. The van der Waals surface area contributed by atoms with Crippen molar-refractivity contribution < 1.29 is 28.6 Å². The lowest BCUT2D eigenvalue weighted by Gasteiger charge is -2.14. The summed E-state index contributed by atoms with van der Waals surface area (Å²) in [6.45, 7) is 0. The SMILES string of the molecule is COC(=O)[C@H](Cc1ccc(Oc2ccc(CC3SC(=O)NC3=O)cc2OC)cc1)NCl. The van der Waals surface area contributed by atoms with Crippen LogP contribution in [0.3, 0.4) is 0 Å². The Morgan fingerprint density at radius 1 is 1.13 bits per heavy atom. The van der Waals surface area contributed by atoms with Crippen molar-refractivity contribution in [1.82, 2.24) is 10.2 Å². The van der Waals surface area contributed by atoms with Crippen LogP contribution in [0.2, 0.25) is 0 Å². The van der Waals surface area contributed by atoms with Crippen LogP contribution in [-0.2, 0) is 27.2 Å². The third kappa shape index (κ3) is 5.90. The molecule has 2 amide bonds. The number of carbonyl (C=O) groups is 3. The maximum atomic E-state index is 11.8. The molecule has 1 heterocycles. The average Bonchev–Trinajstić information content (AvgIpc) is 3.09. The topological polar surface area (TPSA) is 103 Å². The van der Waals surface area contributed by atoms with Crippen LogP contribution in [0.25, 0.3) is 0 Å². The van der Waals surface area contributed by atoms with E-state index in [0.717, 1.165) is 22.9 Å². The molecule has 1 aliphatic rings. The molecular formula is C21H21ClN2O6S. The minimum atomic E-state index is -0.651. The van der Waals surface area contributed by atoms with E-state index in [-0.39, 0.29) is 11.1 Å². The van der Waals surface area contributed by atoms with Crippen molar-refractivity contribution in [3.8, 4) is 17.2 Å². The fourth-order valence-corrected chi connectivity index (χ4v) is 4.06. The van der Waals surface area contributed by atoms with Crippen molar-refractivity contribution in [3.05, 3.63) is 53.6 Å². The second kappa shape index (κ2) is 10.5. The Morgan fingerprint density at radius 2 is 1.84 bits per heavy atom. The number of rotatable bonds is 9. The molecule has 0 spiro atoms. The molecule has 0 saturated carbocycles. The monoisotopic (exact) mass is 464 g/mol. The standard InChI is InChI=1S/C21H21ClN2O6S/c1-28-17-10-13(11-18-19(25)23-21(27)31-18)5-8-16(17)30-14-6-3-12(4-7-14)9-15(24-22)20(26)29-2/h3-8,10,15,18,24H,9,11H2,1-2H3,(H,23,25,27)/t15-,18?/m0/s1. The summed E-state index contributed by atoms with van der Waals surface area (Å²) in [4.78, 5) is 37.2. The molecule has 3 rings (SSSR count). The predicted molar refractivity (Wildman–Crippen MR) is 117 cm³/mol. The van der Waals surface area contributed by atoms with Gasteiger partial charge in [0.15, 0.2) is 11.5 Å². The summed E-state index contributed by atoms with van der Waals surface area (Å²) >= 11 is 6.60. The van der Waals surface area contributed by atoms with Gasteiger partial charge in [-0.25, -0.2) is 4.84 Å². The summed E-state index contributed by atoms with van der Waals surface area (Å²) < 4.78 is 16.0. The van der Waals surface area contributed by atoms with Crippen LogP contribution in [0, 0.1) is 0 Å². The number of amides is 2. The fourth-order valence-electron chi connectivity index (χ4n) is 3.03. The third-order valence-electron chi connectivity index (χ3n) is 4.62. The van der Waals surface area contributed by atoms with E-state index in [0.29, 0.717) is 30.1 Å². The Labute approximate surface area is 188 Å². The summed E-state index contributed by atoms with van der Waals surface area (Å²) in [6, 6.07) is 11.9. The van der Waals surface area contributed by atoms with Gasteiger partial charge in [-0.15, -0.1) is 0 Å². The number of hydrogen-bond donors (Lipinski definition) is 2. The zero-order valence-electron chi connectivity index (χ0n) is 16.8. The van der Waals surface area contributed by atoms with Gasteiger partial charge >= 0.3 is 5.97 Å². The van der Waals surface area contributed by atoms with Gasteiger partial charge in [0.2, 0.25) is 5.91 Å². The number of esters is 1. The third-order valence-corrected chi connectivity index (χ3v) is 5.87. The average molecular weight is 465 g/mol. The number of hydrogen-bond acceptors (Lipinski definition) is 8. The molecule has 0 bridgehead atoms. The summed E-state index contributed by atoms with van der Waals surface area (Å²) in [6.07, 6.45) is 0.771. The minimum Gasteiger partial charge on any atom is -0.493 e. The molecule has 0 aromatic heterocycles. The van der Waals surface area contributed by atoms with E-state index in [1.165, 1.54) is 14.2 Å². The summed E-state index contributed by atoms with van der Waals surface area (Å²) in [5.41, 5.74) is 1.73. The maximum absolute atomic E-state index is 11.8. The first-order chi connectivity index (χ1) is 14.9. The molecule has 164 valence electrons. The highest BCUT2D eigenvalue weighted by atomic mass is 35.5. The molecule has 1 saturated heterocycles. The van der Waals surface area contributed by atoms with Crippen LogP contribution in [-0.4, -0.2) is 42.6 Å². The van der Waals surface area contributed by atoms with Crippen LogP contribution in [0.5, 0.6) is 17.2 Å². The molecule has 0 aliphatic carbocycles. The maximum Gasteiger partial charge on any atom is 0.324 e. The van der Waals surface area contributed by atoms with Crippen LogP contribution in [0.15, 0.2) is 42.5 Å². The zero-order valence-corrected chi connectivity index (χ0v) is 18.4. The lowest BCUT2D eigenvalue weighted by Crippen LogP contribution is -2.33. The van der Waals surface area contributed by atoms with Gasteiger partial charge in [-0.2, -0.15) is 0 Å². The van der Waals surface area contributed by atoms with Crippen LogP contribution in [0.4, 0.5) is 4.79 Å². The lowest BCUT2D eigenvalue weighted by molar-refractivity contribution is -0.142. The second-order valence-electron chi connectivity index (χ2n) is 6.71. The van der Waals surface area contributed by atoms with E-state index < -0.39 is 17.3 Å². The minimum absolute atomic E-state index is 0.284. The molecule has 1 unspecified atom stereocenters. The van der Waals surface area contributed by atoms with E-state index in [1.54, 1.807) is 24.3 Å². The molecule has 2 atom stereocenters. The highest BCUT2D eigenvalue weighted by molar-refractivity contribution is 8.15. The molecule has 2 N–H and O–H groups in total. The van der Waals surface area contributed by atoms with E-state index in [1.807, 2.05) is 18.2 Å². The Hall–Kier alpha value is -2.75. The normalized spacial score (nSPS) is 16.5. The number of benzene rings is 2. The quantitative estimate of drug-likeness (QED) is 0.430. The Kier molecular flexibility index (Phi) is 7.78. The van der Waals surface area contributed by atoms with Crippen LogP contribution < -0.4 is 19.6 Å². The van der Waals surface area contributed by atoms with Crippen molar-refractivity contribution >= 4 is 40.7 Å². The van der Waals surface area contributed by atoms with Crippen LogP contribution in [0.1, 0.15) is 11.1 Å². The number of carbonyl (C=O) groups excluding carboxylic acids is 3. The van der Waals surface area contributed by atoms with Crippen molar-refractivity contribution in [2.24, 2.45) is 0 Å². The first-order valence-corrected chi connectivity index (χ1v) is 10.6. The van der Waals surface area contributed by atoms with Crippen molar-refractivity contribution in [2.45, 2.75) is 24.1 Å². The number of imide groups is 1. The van der Waals surface area contributed by atoms with Gasteiger partial charge in [0.1, 0.15) is 11.8 Å². The molecule has 2 aromatic carbocycles. The second-order valence-corrected chi connectivity index (χ2v) is 8.10. The molecule has 10 heteroatoms. The van der Waals surface area contributed by atoms with E-state index in [4.69, 9.17) is 26.0 Å². The number of halogens is 1. The number of nitrogens with one attached hydrogen (secondary N) is 2. The van der Waals surface area contributed by atoms with Crippen LogP contribution >= 0.6 is 23.5 Å². The Bertz CT molecular complexity index is 969. The van der Waals surface area contributed by atoms with Gasteiger partial charge in [0.05, 0.1) is 19.5 Å². The van der Waals surface area contributed by atoms with Gasteiger partial charge in [-0.1, -0.05) is 30.0 Å². The van der Waals surface area contributed by atoms with Crippen molar-refractivity contribution in [3.63, 3.8) is 0 Å². The predicted octanol–water partition coefficient (Wildman–Crippen LogP) is 3.21. The summed E-state index contributed by atoms with van der Waals surface area (Å²) in [7, 11) is 2.84. The molecular weight excluding hydrogens is 444 g/mol. The molecule has 8 nitrogen and oxygen atoms in total. The first-order valence-electron chi connectivity index (χ1n) is 9.32.